The molecule has 0 saturated heterocycles. The lowest BCUT2D eigenvalue weighted by atomic mass is 10.1. The van der Waals surface area contributed by atoms with Gasteiger partial charge in [0.05, 0.1) is 17.6 Å². The highest BCUT2D eigenvalue weighted by Crippen LogP contribution is 2.13. The minimum absolute atomic E-state index is 0.0869. The minimum Gasteiger partial charge on any atom is -0.444 e. The molecular formula is C14H22FN3O2. The SMILES string of the molecule is C[C@H](CCc1ncc(F)cc1N)NC(=O)OC(C)(C)C. The summed E-state index contributed by atoms with van der Waals surface area (Å²) in [6, 6.07) is 1.16. The van der Waals surface area contributed by atoms with E-state index in [9.17, 15) is 9.18 Å². The molecule has 112 valence electrons. The summed E-state index contributed by atoms with van der Waals surface area (Å²) in [5.41, 5.74) is 6.11. The molecule has 0 spiro atoms. The van der Waals surface area contributed by atoms with Gasteiger partial charge in [0.15, 0.2) is 0 Å². The van der Waals surface area contributed by atoms with E-state index in [2.05, 4.69) is 10.3 Å². The van der Waals surface area contributed by atoms with Crippen LogP contribution in [0.15, 0.2) is 12.3 Å². The summed E-state index contributed by atoms with van der Waals surface area (Å²) in [5.74, 6) is -0.453. The second kappa shape index (κ2) is 6.54. The Hall–Kier alpha value is -1.85. The summed E-state index contributed by atoms with van der Waals surface area (Å²) in [7, 11) is 0. The first-order valence-electron chi connectivity index (χ1n) is 6.57. The van der Waals surface area contributed by atoms with Gasteiger partial charge in [0, 0.05) is 12.1 Å². The van der Waals surface area contributed by atoms with Crippen LogP contribution in [0, 0.1) is 5.82 Å². The van der Waals surface area contributed by atoms with Gasteiger partial charge in [-0.2, -0.15) is 0 Å². The van der Waals surface area contributed by atoms with Gasteiger partial charge in [0.1, 0.15) is 11.4 Å². The number of hydrogen-bond acceptors (Lipinski definition) is 4. The maximum atomic E-state index is 12.9. The van der Waals surface area contributed by atoms with Crippen LogP contribution in [0.3, 0.4) is 0 Å². The van der Waals surface area contributed by atoms with Crippen molar-refractivity contribution in [2.24, 2.45) is 0 Å². The van der Waals surface area contributed by atoms with Crippen LogP contribution in [0.1, 0.15) is 39.8 Å². The number of carbonyl (C=O) groups excluding carboxylic acids is 1. The van der Waals surface area contributed by atoms with E-state index in [1.807, 2.05) is 6.92 Å². The van der Waals surface area contributed by atoms with E-state index in [0.29, 0.717) is 24.2 Å². The summed E-state index contributed by atoms with van der Waals surface area (Å²) >= 11 is 0. The fourth-order valence-corrected chi connectivity index (χ4v) is 1.63. The summed E-state index contributed by atoms with van der Waals surface area (Å²) in [5, 5.41) is 2.73. The van der Waals surface area contributed by atoms with E-state index in [1.165, 1.54) is 6.07 Å². The number of carbonyl (C=O) groups is 1. The summed E-state index contributed by atoms with van der Waals surface area (Å²) < 4.78 is 18.0. The number of pyridine rings is 1. The second-order valence-electron chi connectivity index (χ2n) is 5.78. The molecule has 1 aromatic heterocycles. The average molecular weight is 283 g/mol. The van der Waals surface area contributed by atoms with Crippen LogP contribution >= 0.6 is 0 Å². The van der Waals surface area contributed by atoms with Gasteiger partial charge < -0.3 is 15.8 Å². The lowest BCUT2D eigenvalue weighted by molar-refractivity contribution is 0.0506. The highest BCUT2D eigenvalue weighted by molar-refractivity contribution is 5.68. The number of aryl methyl sites for hydroxylation is 1. The molecule has 1 amide bonds. The molecule has 1 rings (SSSR count). The number of rotatable bonds is 4. The smallest absolute Gasteiger partial charge is 0.407 e. The van der Waals surface area contributed by atoms with Crippen LogP contribution in [0.4, 0.5) is 14.9 Å². The summed E-state index contributed by atoms with van der Waals surface area (Å²) in [6.45, 7) is 7.28. The maximum absolute atomic E-state index is 12.9. The molecule has 0 aliphatic heterocycles. The van der Waals surface area contributed by atoms with Gasteiger partial charge in [0.2, 0.25) is 0 Å². The fraction of sp³-hybridized carbons (Fsp3) is 0.571. The Morgan fingerprint density at radius 3 is 2.75 bits per heavy atom. The van der Waals surface area contributed by atoms with E-state index >= 15 is 0 Å². The molecule has 0 fully saturated rings. The Bertz CT molecular complexity index is 472. The van der Waals surface area contributed by atoms with Crippen molar-refractivity contribution in [3.63, 3.8) is 0 Å². The van der Waals surface area contributed by atoms with Crippen molar-refractivity contribution in [2.45, 2.75) is 52.2 Å². The number of aromatic nitrogens is 1. The van der Waals surface area contributed by atoms with Gasteiger partial charge >= 0.3 is 6.09 Å². The number of amides is 1. The number of alkyl carbamates (subject to hydrolysis) is 1. The first kappa shape index (κ1) is 16.2. The summed E-state index contributed by atoms with van der Waals surface area (Å²) in [6.07, 6.45) is 1.88. The standard InChI is InChI=1S/C14H22FN3O2/c1-9(18-13(19)20-14(2,3)4)5-6-12-11(16)7-10(15)8-17-12/h7-9H,5-6,16H2,1-4H3,(H,18,19)/t9-/m1/s1. The van der Waals surface area contributed by atoms with E-state index in [0.717, 1.165) is 6.20 Å². The summed E-state index contributed by atoms with van der Waals surface area (Å²) in [4.78, 5) is 15.5. The number of nitrogen functional groups attached to an aromatic ring is 1. The lowest BCUT2D eigenvalue weighted by Crippen LogP contribution is -2.37. The lowest BCUT2D eigenvalue weighted by Gasteiger charge is -2.22. The molecule has 0 aliphatic carbocycles. The Balaban J connectivity index is 2.43. The maximum Gasteiger partial charge on any atom is 0.407 e. The third-order valence-electron chi connectivity index (χ3n) is 2.55. The molecule has 0 saturated carbocycles. The third-order valence-corrected chi connectivity index (χ3v) is 2.55. The number of nitrogens with two attached hydrogens (primary N) is 1. The molecule has 1 aromatic rings. The molecule has 0 aromatic carbocycles. The number of anilines is 1. The molecule has 0 bridgehead atoms. The molecule has 5 nitrogen and oxygen atoms in total. The Morgan fingerprint density at radius 1 is 1.55 bits per heavy atom. The Morgan fingerprint density at radius 2 is 2.20 bits per heavy atom. The van der Waals surface area contributed by atoms with Crippen LogP contribution in [0.25, 0.3) is 0 Å². The normalized spacial score (nSPS) is 12.8. The third kappa shape index (κ3) is 5.86. The van der Waals surface area contributed by atoms with Crippen LogP contribution in [0.5, 0.6) is 0 Å². The molecule has 3 N–H and O–H groups in total. The van der Waals surface area contributed by atoms with Crippen LogP contribution in [-0.4, -0.2) is 22.7 Å². The zero-order chi connectivity index (χ0) is 15.3. The molecule has 1 heterocycles. The topological polar surface area (TPSA) is 77.2 Å². The molecule has 0 unspecified atom stereocenters. The Labute approximate surface area is 118 Å². The predicted octanol–water partition coefficient (Wildman–Crippen LogP) is 2.65. The van der Waals surface area contributed by atoms with Crippen molar-refractivity contribution >= 4 is 11.8 Å². The number of ether oxygens (including phenoxy) is 1. The van der Waals surface area contributed by atoms with Gasteiger partial charge in [0.25, 0.3) is 0 Å². The van der Waals surface area contributed by atoms with E-state index in [-0.39, 0.29) is 6.04 Å². The Kier molecular flexibility index (Phi) is 5.30. The number of nitrogens with one attached hydrogen (secondary N) is 1. The predicted molar refractivity (Wildman–Crippen MR) is 75.8 cm³/mol. The average Bonchev–Trinajstić information content (AvgIpc) is 2.24. The zero-order valence-corrected chi connectivity index (χ0v) is 12.4. The molecular weight excluding hydrogens is 261 g/mol. The van der Waals surface area contributed by atoms with E-state index < -0.39 is 17.5 Å². The van der Waals surface area contributed by atoms with Gasteiger partial charge in [-0.1, -0.05) is 0 Å². The van der Waals surface area contributed by atoms with Gasteiger partial charge in [-0.25, -0.2) is 9.18 Å². The van der Waals surface area contributed by atoms with Gasteiger partial charge in [-0.05, 0) is 40.5 Å². The van der Waals surface area contributed by atoms with E-state index in [1.54, 1.807) is 20.8 Å². The van der Waals surface area contributed by atoms with Crippen LogP contribution < -0.4 is 11.1 Å². The largest absolute Gasteiger partial charge is 0.444 e. The van der Waals surface area contributed by atoms with Crippen LogP contribution in [0.2, 0.25) is 0 Å². The van der Waals surface area contributed by atoms with Crippen molar-refractivity contribution in [1.82, 2.24) is 10.3 Å². The highest BCUT2D eigenvalue weighted by Gasteiger charge is 2.17. The van der Waals surface area contributed by atoms with Crippen molar-refractivity contribution < 1.29 is 13.9 Å². The van der Waals surface area contributed by atoms with Crippen molar-refractivity contribution in [2.75, 3.05) is 5.73 Å². The van der Waals surface area contributed by atoms with Gasteiger partial charge in [-0.15, -0.1) is 0 Å². The van der Waals surface area contributed by atoms with E-state index in [4.69, 9.17) is 10.5 Å². The van der Waals surface area contributed by atoms with Crippen molar-refractivity contribution in [3.05, 3.63) is 23.8 Å². The zero-order valence-electron chi connectivity index (χ0n) is 12.4. The first-order valence-corrected chi connectivity index (χ1v) is 6.57. The highest BCUT2D eigenvalue weighted by atomic mass is 19.1. The molecule has 20 heavy (non-hydrogen) atoms. The number of nitrogens with zero attached hydrogens (tertiary/aromatic N) is 1. The fourth-order valence-electron chi connectivity index (χ4n) is 1.63. The second-order valence-corrected chi connectivity index (χ2v) is 5.78. The van der Waals surface area contributed by atoms with Crippen molar-refractivity contribution in [1.29, 1.82) is 0 Å². The monoisotopic (exact) mass is 283 g/mol. The molecule has 0 radical (unpaired) electrons. The molecule has 0 aliphatic rings. The number of halogens is 1. The first-order chi connectivity index (χ1) is 9.17. The molecule has 6 heteroatoms. The molecule has 1 atom stereocenters. The quantitative estimate of drug-likeness (QED) is 0.890. The minimum atomic E-state index is -0.521. The van der Waals surface area contributed by atoms with Crippen LogP contribution in [-0.2, 0) is 11.2 Å². The van der Waals surface area contributed by atoms with Crippen molar-refractivity contribution in [3.8, 4) is 0 Å². The van der Waals surface area contributed by atoms with Gasteiger partial charge in [-0.3, -0.25) is 4.98 Å². The number of hydrogen-bond donors (Lipinski definition) is 2.